The molecule has 0 radical (unpaired) electrons. The molecular formula is C14H22N2O2. The number of amides is 1. The van der Waals surface area contributed by atoms with E-state index in [0.29, 0.717) is 12.3 Å². The first-order valence-corrected chi connectivity index (χ1v) is 6.04. The molecule has 4 nitrogen and oxygen atoms in total. The fraction of sp³-hybridized carbons (Fsp3) is 0.500. The predicted molar refractivity (Wildman–Crippen MR) is 73.4 cm³/mol. The summed E-state index contributed by atoms with van der Waals surface area (Å²) in [6.45, 7) is 6.21. The maximum Gasteiger partial charge on any atom is 0.230 e. The van der Waals surface area contributed by atoms with Gasteiger partial charge in [0.05, 0.1) is 12.0 Å². The predicted octanol–water partition coefficient (Wildman–Crippen LogP) is 1.70. The lowest BCUT2D eigenvalue weighted by Gasteiger charge is -2.26. The summed E-state index contributed by atoms with van der Waals surface area (Å²) in [5.74, 6) is -0.0168. The van der Waals surface area contributed by atoms with Crippen LogP contribution in [0, 0.1) is 0 Å². The first kappa shape index (κ1) is 14.5. The normalized spacial score (nSPS) is 13.1. The largest absolute Gasteiger partial charge is 0.399 e. The highest BCUT2D eigenvalue weighted by Crippen LogP contribution is 2.24. The lowest BCUT2D eigenvalue weighted by Crippen LogP contribution is -2.45. The van der Waals surface area contributed by atoms with Gasteiger partial charge >= 0.3 is 0 Å². The maximum atomic E-state index is 12.2. The van der Waals surface area contributed by atoms with E-state index in [9.17, 15) is 4.79 Å². The van der Waals surface area contributed by atoms with E-state index in [1.807, 2.05) is 45.0 Å². The quantitative estimate of drug-likeness (QED) is 0.782. The van der Waals surface area contributed by atoms with Gasteiger partial charge in [-0.1, -0.05) is 12.1 Å². The molecule has 0 fully saturated rings. The fourth-order valence-corrected chi connectivity index (χ4v) is 1.73. The van der Waals surface area contributed by atoms with E-state index >= 15 is 0 Å². The van der Waals surface area contributed by atoms with Crippen molar-refractivity contribution >= 4 is 11.6 Å². The van der Waals surface area contributed by atoms with E-state index in [-0.39, 0.29) is 11.9 Å². The van der Waals surface area contributed by atoms with Gasteiger partial charge in [-0.05, 0) is 38.5 Å². The van der Waals surface area contributed by atoms with Crippen molar-refractivity contribution in [3.8, 4) is 0 Å². The van der Waals surface area contributed by atoms with Crippen LogP contribution in [0.4, 0.5) is 5.69 Å². The van der Waals surface area contributed by atoms with Gasteiger partial charge in [0.2, 0.25) is 5.91 Å². The van der Waals surface area contributed by atoms with Gasteiger partial charge in [-0.2, -0.15) is 0 Å². The van der Waals surface area contributed by atoms with Gasteiger partial charge in [-0.15, -0.1) is 0 Å². The highest BCUT2D eigenvalue weighted by molar-refractivity contribution is 5.87. The topological polar surface area (TPSA) is 64.3 Å². The average molecular weight is 250 g/mol. The number of benzene rings is 1. The molecule has 0 aliphatic heterocycles. The van der Waals surface area contributed by atoms with Crippen molar-refractivity contribution in [1.82, 2.24) is 5.32 Å². The third-order valence-corrected chi connectivity index (χ3v) is 2.99. The number of hydrogen-bond acceptors (Lipinski definition) is 3. The molecule has 0 heterocycles. The maximum absolute atomic E-state index is 12.2. The van der Waals surface area contributed by atoms with Crippen molar-refractivity contribution in [2.24, 2.45) is 0 Å². The molecule has 1 atom stereocenters. The number of anilines is 1. The lowest BCUT2D eigenvalue weighted by molar-refractivity contribution is -0.126. The number of rotatable bonds is 5. The highest BCUT2D eigenvalue weighted by Gasteiger charge is 2.30. The average Bonchev–Trinajstić information content (AvgIpc) is 2.29. The summed E-state index contributed by atoms with van der Waals surface area (Å²) >= 11 is 0. The SMILES string of the molecule is COCC(C)NC(=O)C(C)(C)c1ccc(N)cc1. The van der Waals surface area contributed by atoms with E-state index in [4.69, 9.17) is 10.5 Å². The van der Waals surface area contributed by atoms with Gasteiger partial charge < -0.3 is 15.8 Å². The van der Waals surface area contributed by atoms with Crippen molar-refractivity contribution in [3.63, 3.8) is 0 Å². The van der Waals surface area contributed by atoms with E-state index in [1.165, 1.54) is 0 Å². The standard InChI is InChI=1S/C14H22N2O2/c1-10(9-18-4)16-13(17)14(2,3)11-5-7-12(15)8-6-11/h5-8,10H,9,15H2,1-4H3,(H,16,17). The number of methoxy groups -OCH3 is 1. The van der Waals surface area contributed by atoms with Crippen molar-refractivity contribution in [2.75, 3.05) is 19.5 Å². The Balaban J connectivity index is 2.79. The van der Waals surface area contributed by atoms with Crippen molar-refractivity contribution in [3.05, 3.63) is 29.8 Å². The zero-order valence-corrected chi connectivity index (χ0v) is 11.5. The molecule has 0 bridgehead atoms. The number of nitrogens with one attached hydrogen (secondary N) is 1. The van der Waals surface area contributed by atoms with Crippen molar-refractivity contribution in [2.45, 2.75) is 32.2 Å². The Morgan fingerprint density at radius 1 is 1.39 bits per heavy atom. The van der Waals surface area contributed by atoms with Crippen LogP contribution in [0.1, 0.15) is 26.3 Å². The molecule has 0 saturated heterocycles. The molecule has 1 aromatic carbocycles. The van der Waals surface area contributed by atoms with E-state index in [0.717, 1.165) is 5.56 Å². The molecule has 0 saturated carbocycles. The van der Waals surface area contributed by atoms with E-state index in [2.05, 4.69) is 5.32 Å². The van der Waals surface area contributed by atoms with Crippen molar-refractivity contribution in [1.29, 1.82) is 0 Å². The lowest BCUT2D eigenvalue weighted by atomic mass is 9.83. The molecular weight excluding hydrogens is 228 g/mol. The summed E-state index contributed by atoms with van der Waals surface area (Å²) in [7, 11) is 1.62. The molecule has 0 aliphatic carbocycles. The smallest absolute Gasteiger partial charge is 0.230 e. The summed E-state index contributed by atoms with van der Waals surface area (Å²) in [6.07, 6.45) is 0. The van der Waals surface area contributed by atoms with Gasteiger partial charge in [-0.25, -0.2) is 0 Å². The molecule has 4 heteroatoms. The number of nitrogen functional groups attached to an aromatic ring is 1. The van der Waals surface area contributed by atoms with Crippen LogP contribution in [0.25, 0.3) is 0 Å². The minimum atomic E-state index is -0.588. The molecule has 0 aliphatic rings. The Bertz CT molecular complexity index is 399. The van der Waals surface area contributed by atoms with Crippen LogP contribution >= 0.6 is 0 Å². The van der Waals surface area contributed by atoms with E-state index in [1.54, 1.807) is 7.11 Å². The van der Waals surface area contributed by atoms with Crippen LogP contribution < -0.4 is 11.1 Å². The summed E-state index contributed by atoms with van der Waals surface area (Å²) in [5, 5.41) is 2.94. The molecule has 0 spiro atoms. The first-order valence-electron chi connectivity index (χ1n) is 6.04. The number of carbonyl (C=O) groups excluding carboxylic acids is 1. The van der Waals surface area contributed by atoms with Crippen molar-refractivity contribution < 1.29 is 9.53 Å². The third-order valence-electron chi connectivity index (χ3n) is 2.99. The summed E-state index contributed by atoms with van der Waals surface area (Å²) < 4.78 is 5.01. The van der Waals surface area contributed by atoms with Crippen LogP contribution in [0.2, 0.25) is 0 Å². The van der Waals surface area contributed by atoms with Gasteiger partial charge in [0.1, 0.15) is 0 Å². The van der Waals surface area contributed by atoms with Crippen LogP contribution in [0.5, 0.6) is 0 Å². The van der Waals surface area contributed by atoms with Gasteiger partial charge in [0.15, 0.2) is 0 Å². The van der Waals surface area contributed by atoms with Gasteiger partial charge in [-0.3, -0.25) is 4.79 Å². The Morgan fingerprint density at radius 3 is 2.44 bits per heavy atom. The number of hydrogen-bond donors (Lipinski definition) is 2. The molecule has 1 unspecified atom stereocenters. The van der Waals surface area contributed by atoms with Crippen LogP contribution in [-0.4, -0.2) is 25.7 Å². The zero-order chi connectivity index (χ0) is 13.8. The monoisotopic (exact) mass is 250 g/mol. The minimum absolute atomic E-state index is 0.00411. The molecule has 18 heavy (non-hydrogen) atoms. The second-order valence-corrected chi connectivity index (χ2v) is 5.08. The Morgan fingerprint density at radius 2 is 1.94 bits per heavy atom. The molecule has 0 aromatic heterocycles. The molecule has 3 N–H and O–H groups in total. The Kier molecular flexibility index (Phi) is 4.73. The Labute approximate surface area is 109 Å². The van der Waals surface area contributed by atoms with Crippen LogP contribution in [-0.2, 0) is 14.9 Å². The number of nitrogens with two attached hydrogens (primary N) is 1. The molecule has 1 aromatic rings. The first-order chi connectivity index (χ1) is 8.37. The van der Waals surface area contributed by atoms with Crippen LogP contribution in [0.15, 0.2) is 24.3 Å². The summed E-state index contributed by atoms with van der Waals surface area (Å²) in [6, 6.07) is 7.38. The fourth-order valence-electron chi connectivity index (χ4n) is 1.73. The molecule has 1 rings (SSSR count). The van der Waals surface area contributed by atoms with Gasteiger partial charge in [0, 0.05) is 18.8 Å². The number of ether oxygens (including phenoxy) is 1. The van der Waals surface area contributed by atoms with Crippen LogP contribution in [0.3, 0.4) is 0 Å². The van der Waals surface area contributed by atoms with E-state index < -0.39 is 5.41 Å². The Hall–Kier alpha value is -1.55. The second kappa shape index (κ2) is 5.87. The van der Waals surface area contributed by atoms with Gasteiger partial charge in [0.25, 0.3) is 0 Å². The number of carbonyl (C=O) groups is 1. The highest BCUT2D eigenvalue weighted by atomic mass is 16.5. The zero-order valence-electron chi connectivity index (χ0n) is 11.5. The third kappa shape index (κ3) is 3.47. The second-order valence-electron chi connectivity index (χ2n) is 5.08. The molecule has 100 valence electrons. The molecule has 1 amide bonds. The summed E-state index contributed by atoms with van der Waals surface area (Å²) in [5.41, 5.74) is 6.70. The minimum Gasteiger partial charge on any atom is -0.399 e. The summed E-state index contributed by atoms with van der Waals surface area (Å²) in [4.78, 5) is 12.2.